The molecule has 0 radical (unpaired) electrons. The molecule has 2 aromatic rings. The molecule has 0 spiro atoms. The molecule has 4 heteroatoms. The topological polar surface area (TPSA) is 39.2 Å². The van der Waals surface area contributed by atoms with Crippen LogP contribution >= 0.6 is 11.3 Å². The first-order valence-electron chi connectivity index (χ1n) is 5.36. The summed E-state index contributed by atoms with van der Waals surface area (Å²) in [6.07, 6.45) is 3.37. The van der Waals surface area contributed by atoms with Crippen molar-refractivity contribution in [2.24, 2.45) is 0 Å². The van der Waals surface area contributed by atoms with E-state index < -0.39 is 0 Å². The number of hydrogen-bond acceptors (Lipinski definition) is 4. The summed E-state index contributed by atoms with van der Waals surface area (Å²) in [5, 5.41) is 0.967. The molecule has 1 heterocycles. The molecule has 0 atom stereocenters. The number of aryl methyl sites for hydroxylation is 2. The number of nitrogens with zero attached hydrogens (tertiary/aromatic N) is 1. The Kier molecular flexibility index (Phi) is 3.88. The van der Waals surface area contributed by atoms with E-state index in [-0.39, 0.29) is 5.97 Å². The lowest BCUT2D eigenvalue weighted by molar-refractivity contribution is 0.0606. The third kappa shape index (κ3) is 3.14. The lowest BCUT2D eigenvalue weighted by atomic mass is 10.1. The SMILES string of the molecule is COC(=O)c1cnc(CCc2ccccc2)s1. The van der Waals surface area contributed by atoms with Gasteiger partial charge in [0.1, 0.15) is 4.88 Å². The van der Waals surface area contributed by atoms with Gasteiger partial charge in [-0.1, -0.05) is 30.3 Å². The van der Waals surface area contributed by atoms with Gasteiger partial charge in [-0.25, -0.2) is 9.78 Å². The van der Waals surface area contributed by atoms with Gasteiger partial charge in [0.25, 0.3) is 0 Å². The number of esters is 1. The lowest BCUT2D eigenvalue weighted by Gasteiger charge is -1.97. The Morgan fingerprint density at radius 2 is 2.06 bits per heavy atom. The quantitative estimate of drug-likeness (QED) is 0.780. The molecule has 3 nitrogen and oxygen atoms in total. The van der Waals surface area contributed by atoms with E-state index in [1.54, 1.807) is 6.20 Å². The third-order valence-electron chi connectivity index (χ3n) is 2.41. The van der Waals surface area contributed by atoms with Crippen molar-refractivity contribution in [2.45, 2.75) is 12.8 Å². The highest BCUT2D eigenvalue weighted by Crippen LogP contribution is 2.16. The predicted molar refractivity (Wildman–Crippen MR) is 67.3 cm³/mol. The second-order valence-electron chi connectivity index (χ2n) is 3.60. The number of rotatable bonds is 4. The fraction of sp³-hybridized carbons (Fsp3) is 0.231. The minimum absolute atomic E-state index is 0.312. The molecule has 0 N–H and O–H groups in total. The highest BCUT2D eigenvalue weighted by atomic mass is 32.1. The van der Waals surface area contributed by atoms with Crippen molar-refractivity contribution in [3.63, 3.8) is 0 Å². The molecule has 0 saturated carbocycles. The van der Waals surface area contributed by atoms with E-state index in [9.17, 15) is 4.79 Å². The molecule has 0 aliphatic carbocycles. The van der Waals surface area contributed by atoms with Gasteiger partial charge < -0.3 is 4.74 Å². The third-order valence-corrected chi connectivity index (χ3v) is 3.45. The van der Waals surface area contributed by atoms with Gasteiger partial charge in [-0.3, -0.25) is 0 Å². The zero-order valence-electron chi connectivity index (χ0n) is 9.55. The van der Waals surface area contributed by atoms with E-state index in [1.807, 2.05) is 18.2 Å². The van der Waals surface area contributed by atoms with Crippen LogP contribution in [0.3, 0.4) is 0 Å². The second kappa shape index (κ2) is 5.59. The molecule has 0 unspecified atom stereocenters. The number of hydrogen-bond donors (Lipinski definition) is 0. The zero-order valence-corrected chi connectivity index (χ0v) is 10.4. The Morgan fingerprint density at radius 1 is 1.29 bits per heavy atom. The Bertz CT molecular complexity index is 493. The Morgan fingerprint density at radius 3 is 2.76 bits per heavy atom. The van der Waals surface area contributed by atoms with Crippen molar-refractivity contribution in [3.8, 4) is 0 Å². The number of ether oxygens (including phenoxy) is 1. The van der Waals surface area contributed by atoms with E-state index in [0.29, 0.717) is 4.88 Å². The van der Waals surface area contributed by atoms with Crippen molar-refractivity contribution < 1.29 is 9.53 Å². The molecule has 88 valence electrons. The summed E-state index contributed by atoms with van der Waals surface area (Å²) >= 11 is 1.40. The summed E-state index contributed by atoms with van der Waals surface area (Å²) in [7, 11) is 1.38. The average molecular weight is 247 g/mol. The smallest absolute Gasteiger partial charge is 0.349 e. The standard InChI is InChI=1S/C13H13NO2S/c1-16-13(15)11-9-14-12(17-11)8-7-10-5-3-2-4-6-10/h2-6,9H,7-8H2,1H3. The fourth-order valence-electron chi connectivity index (χ4n) is 1.52. The van der Waals surface area contributed by atoms with Crippen LogP contribution in [0.4, 0.5) is 0 Å². The summed E-state index contributed by atoms with van der Waals surface area (Å²) < 4.78 is 4.64. The van der Waals surface area contributed by atoms with Crippen LogP contribution in [0.15, 0.2) is 36.5 Å². The van der Waals surface area contributed by atoms with E-state index >= 15 is 0 Å². The summed E-state index contributed by atoms with van der Waals surface area (Å²) in [6.45, 7) is 0. The van der Waals surface area contributed by atoms with Gasteiger partial charge in [-0.05, 0) is 12.0 Å². The van der Waals surface area contributed by atoms with E-state index in [1.165, 1.54) is 24.0 Å². The molecule has 0 aliphatic heterocycles. The minimum atomic E-state index is -0.312. The molecule has 0 bridgehead atoms. The van der Waals surface area contributed by atoms with Crippen LogP contribution in [0, 0.1) is 0 Å². The van der Waals surface area contributed by atoms with Crippen molar-refractivity contribution in [3.05, 3.63) is 52.0 Å². The predicted octanol–water partition coefficient (Wildman–Crippen LogP) is 2.71. The highest BCUT2D eigenvalue weighted by molar-refractivity contribution is 7.13. The van der Waals surface area contributed by atoms with Crippen molar-refractivity contribution in [1.29, 1.82) is 0 Å². The summed E-state index contributed by atoms with van der Waals surface area (Å²) in [5.74, 6) is -0.312. The van der Waals surface area contributed by atoms with Gasteiger partial charge in [-0.15, -0.1) is 11.3 Å². The second-order valence-corrected chi connectivity index (χ2v) is 4.71. The molecule has 0 saturated heterocycles. The van der Waals surface area contributed by atoms with Crippen LogP contribution in [0.5, 0.6) is 0 Å². The number of carbonyl (C=O) groups is 1. The molecule has 0 fully saturated rings. The van der Waals surface area contributed by atoms with Gasteiger partial charge in [0.05, 0.1) is 18.3 Å². The van der Waals surface area contributed by atoms with Gasteiger partial charge in [-0.2, -0.15) is 0 Å². The maximum atomic E-state index is 11.2. The Balaban J connectivity index is 1.96. The van der Waals surface area contributed by atoms with Crippen molar-refractivity contribution >= 4 is 17.3 Å². The van der Waals surface area contributed by atoms with Crippen LogP contribution in [0.2, 0.25) is 0 Å². The summed E-state index contributed by atoms with van der Waals surface area (Å²) in [4.78, 5) is 16.0. The van der Waals surface area contributed by atoms with Crippen molar-refractivity contribution in [2.75, 3.05) is 7.11 Å². The minimum Gasteiger partial charge on any atom is -0.465 e. The number of thiazole rings is 1. The molecule has 17 heavy (non-hydrogen) atoms. The van der Waals surface area contributed by atoms with Gasteiger partial charge in [0, 0.05) is 6.42 Å². The summed E-state index contributed by atoms with van der Waals surface area (Å²) in [6, 6.07) is 10.2. The fourth-order valence-corrected chi connectivity index (χ4v) is 2.35. The van der Waals surface area contributed by atoms with E-state index in [2.05, 4.69) is 21.9 Å². The molecule has 2 rings (SSSR count). The summed E-state index contributed by atoms with van der Waals surface area (Å²) in [5.41, 5.74) is 1.28. The van der Waals surface area contributed by atoms with Gasteiger partial charge in [0.2, 0.25) is 0 Å². The highest BCUT2D eigenvalue weighted by Gasteiger charge is 2.10. The molecular formula is C13H13NO2S. The van der Waals surface area contributed by atoms with Crippen LogP contribution in [-0.4, -0.2) is 18.1 Å². The number of benzene rings is 1. The van der Waals surface area contributed by atoms with Crippen molar-refractivity contribution in [1.82, 2.24) is 4.98 Å². The van der Waals surface area contributed by atoms with Crippen LogP contribution < -0.4 is 0 Å². The lowest BCUT2D eigenvalue weighted by Crippen LogP contribution is -1.96. The van der Waals surface area contributed by atoms with Crippen LogP contribution in [-0.2, 0) is 17.6 Å². The Hall–Kier alpha value is -1.68. The first-order valence-corrected chi connectivity index (χ1v) is 6.18. The first-order chi connectivity index (χ1) is 8.29. The largest absolute Gasteiger partial charge is 0.465 e. The van der Waals surface area contributed by atoms with Gasteiger partial charge in [0.15, 0.2) is 0 Å². The number of methoxy groups -OCH3 is 1. The number of aromatic nitrogens is 1. The molecule has 1 aromatic carbocycles. The van der Waals surface area contributed by atoms with Gasteiger partial charge >= 0.3 is 5.97 Å². The zero-order chi connectivity index (χ0) is 12.1. The monoisotopic (exact) mass is 247 g/mol. The van der Waals surface area contributed by atoms with E-state index in [4.69, 9.17) is 0 Å². The van der Waals surface area contributed by atoms with Crippen LogP contribution in [0.1, 0.15) is 20.2 Å². The molecule has 1 aromatic heterocycles. The maximum absolute atomic E-state index is 11.2. The normalized spacial score (nSPS) is 10.2. The van der Waals surface area contributed by atoms with Crippen LogP contribution in [0.25, 0.3) is 0 Å². The number of carbonyl (C=O) groups excluding carboxylic acids is 1. The first kappa shape index (κ1) is 11.8. The Labute approximate surface area is 104 Å². The molecular weight excluding hydrogens is 234 g/mol. The van der Waals surface area contributed by atoms with E-state index in [0.717, 1.165) is 17.8 Å². The molecule has 0 amide bonds. The maximum Gasteiger partial charge on any atom is 0.349 e. The average Bonchev–Trinajstić information content (AvgIpc) is 2.85. The molecule has 0 aliphatic rings.